The van der Waals surface area contributed by atoms with Crippen LogP contribution in [-0.4, -0.2) is 16.0 Å². The summed E-state index contributed by atoms with van der Waals surface area (Å²) in [5.74, 6) is -1.52. The molecule has 0 aliphatic rings. The van der Waals surface area contributed by atoms with Crippen molar-refractivity contribution < 1.29 is 10.2 Å². The summed E-state index contributed by atoms with van der Waals surface area (Å²) in [4.78, 5) is 0. The molecule has 0 saturated heterocycles. The van der Waals surface area contributed by atoms with E-state index in [1.807, 2.05) is 13.8 Å². The van der Waals surface area contributed by atoms with Crippen LogP contribution in [0.3, 0.4) is 0 Å². The van der Waals surface area contributed by atoms with Gasteiger partial charge in [-0.15, -0.1) is 0 Å². The van der Waals surface area contributed by atoms with Gasteiger partial charge in [0.15, 0.2) is 5.79 Å². The zero-order valence-corrected chi connectivity index (χ0v) is 7.80. The van der Waals surface area contributed by atoms with Gasteiger partial charge in [0, 0.05) is 12.3 Å². The second-order valence-corrected chi connectivity index (χ2v) is 3.49. The SMILES string of the molecule is CCCCCC(O)(O)C(C)C. The fourth-order valence-electron chi connectivity index (χ4n) is 0.924. The Balaban J connectivity index is 3.55. The predicted molar refractivity (Wildman–Crippen MR) is 46.1 cm³/mol. The zero-order chi connectivity index (χ0) is 8.91. The minimum Gasteiger partial charge on any atom is -0.365 e. The third-order valence-electron chi connectivity index (χ3n) is 2.07. The van der Waals surface area contributed by atoms with Crippen LogP contribution in [0.5, 0.6) is 0 Å². The smallest absolute Gasteiger partial charge is 0.164 e. The lowest BCUT2D eigenvalue weighted by Gasteiger charge is -2.25. The molecular weight excluding hydrogens is 140 g/mol. The van der Waals surface area contributed by atoms with Crippen LogP contribution in [0.25, 0.3) is 0 Å². The molecule has 0 aliphatic heterocycles. The third-order valence-corrected chi connectivity index (χ3v) is 2.07. The Bertz CT molecular complexity index is 97.7. The van der Waals surface area contributed by atoms with Gasteiger partial charge in [-0.3, -0.25) is 0 Å². The number of aliphatic hydroxyl groups is 2. The summed E-state index contributed by atoms with van der Waals surface area (Å²) in [6, 6.07) is 0. The van der Waals surface area contributed by atoms with Crippen LogP contribution in [0.15, 0.2) is 0 Å². The predicted octanol–water partition coefficient (Wildman–Crippen LogP) is 1.90. The molecule has 0 spiro atoms. The molecule has 0 aromatic heterocycles. The largest absolute Gasteiger partial charge is 0.365 e. The first-order valence-electron chi connectivity index (χ1n) is 4.45. The molecule has 0 radical (unpaired) electrons. The molecule has 0 unspecified atom stereocenters. The monoisotopic (exact) mass is 160 g/mol. The first-order chi connectivity index (χ1) is 5.00. The summed E-state index contributed by atoms with van der Waals surface area (Å²) < 4.78 is 0. The molecule has 0 fully saturated rings. The van der Waals surface area contributed by atoms with Gasteiger partial charge in [-0.1, -0.05) is 33.6 Å². The molecular formula is C9H20O2. The molecule has 11 heavy (non-hydrogen) atoms. The van der Waals surface area contributed by atoms with Crippen molar-refractivity contribution in [2.24, 2.45) is 5.92 Å². The van der Waals surface area contributed by atoms with Crippen LogP contribution in [0.1, 0.15) is 46.5 Å². The van der Waals surface area contributed by atoms with Crippen LogP contribution in [0.2, 0.25) is 0 Å². The third kappa shape index (κ3) is 4.38. The van der Waals surface area contributed by atoms with E-state index in [2.05, 4.69) is 6.92 Å². The van der Waals surface area contributed by atoms with Crippen LogP contribution < -0.4 is 0 Å². The van der Waals surface area contributed by atoms with Crippen LogP contribution in [0, 0.1) is 5.92 Å². The molecule has 0 amide bonds. The molecule has 0 rings (SSSR count). The van der Waals surface area contributed by atoms with Gasteiger partial charge >= 0.3 is 0 Å². The second-order valence-electron chi connectivity index (χ2n) is 3.49. The first kappa shape index (κ1) is 10.9. The number of hydrogen-bond acceptors (Lipinski definition) is 2. The van der Waals surface area contributed by atoms with Crippen molar-refractivity contribution in [2.75, 3.05) is 0 Å². The molecule has 68 valence electrons. The summed E-state index contributed by atoms with van der Waals surface area (Å²) in [6.45, 7) is 5.75. The van der Waals surface area contributed by atoms with Crippen LogP contribution in [0.4, 0.5) is 0 Å². The maximum Gasteiger partial charge on any atom is 0.164 e. The normalized spacial score (nSPS) is 12.5. The van der Waals surface area contributed by atoms with Crippen molar-refractivity contribution in [1.29, 1.82) is 0 Å². The molecule has 0 aliphatic carbocycles. The summed E-state index contributed by atoms with van der Waals surface area (Å²) in [5.41, 5.74) is 0. The standard InChI is InChI=1S/C9H20O2/c1-4-5-6-7-9(10,11)8(2)3/h8,10-11H,4-7H2,1-3H3. The van der Waals surface area contributed by atoms with E-state index in [1.165, 1.54) is 0 Å². The van der Waals surface area contributed by atoms with Crippen molar-refractivity contribution >= 4 is 0 Å². The Kier molecular flexibility index (Phi) is 4.69. The van der Waals surface area contributed by atoms with Crippen molar-refractivity contribution in [3.63, 3.8) is 0 Å². The highest BCUT2D eigenvalue weighted by atomic mass is 16.5. The molecule has 0 aromatic carbocycles. The Hall–Kier alpha value is -0.0800. The van der Waals surface area contributed by atoms with Gasteiger partial charge in [-0.2, -0.15) is 0 Å². The van der Waals surface area contributed by atoms with Gasteiger partial charge in [-0.05, 0) is 6.42 Å². The van der Waals surface area contributed by atoms with E-state index in [0.29, 0.717) is 6.42 Å². The first-order valence-corrected chi connectivity index (χ1v) is 4.45. The van der Waals surface area contributed by atoms with Gasteiger partial charge in [0.05, 0.1) is 0 Å². The van der Waals surface area contributed by atoms with Crippen molar-refractivity contribution in [3.05, 3.63) is 0 Å². The lowest BCUT2D eigenvalue weighted by Crippen LogP contribution is -2.34. The average molecular weight is 160 g/mol. The molecule has 2 heteroatoms. The van der Waals surface area contributed by atoms with Crippen LogP contribution in [-0.2, 0) is 0 Å². The molecule has 0 aromatic rings. The Morgan fingerprint density at radius 2 is 1.73 bits per heavy atom. The highest BCUT2D eigenvalue weighted by molar-refractivity contribution is 4.68. The topological polar surface area (TPSA) is 40.5 Å². The number of rotatable bonds is 5. The fraction of sp³-hybridized carbons (Fsp3) is 1.00. The summed E-state index contributed by atoms with van der Waals surface area (Å²) >= 11 is 0. The Morgan fingerprint density at radius 1 is 1.18 bits per heavy atom. The van der Waals surface area contributed by atoms with Crippen molar-refractivity contribution in [2.45, 2.75) is 52.2 Å². The molecule has 2 nitrogen and oxygen atoms in total. The highest BCUT2D eigenvalue weighted by Gasteiger charge is 2.26. The molecule has 2 N–H and O–H groups in total. The maximum atomic E-state index is 9.37. The minimum atomic E-state index is -1.45. The van der Waals surface area contributed by atoms with Crippen molar-refractivity contribution in [3.8, 4) is 0 Å². The molecule has 0 bridgehead atoms. The summed E-state index contributed by atoms with van der Waals surface area (Å²) in [5, 5.41) is 18.7. The lowest BCUT2D eigenvalue weighted by atomic mass is 9.97. The summed E-state index contributed by atoms with van der Waals surface area (Å²) in [6.07, 6.45) is 3.60. The lowest BCUT2D eigenvalue weighted by molar-refractivity contribution is -0.197. The van der Waals surface area contributed by atoms with E-state index in [9.17, 15) is 10.2 Å². The van der Waals surface area contributed by atoms with E-state index in [1.54, 1.807) is 0 Å². The zero-order valence-electron chi connectivity index (χ0n) is 7.80. The summed E-state index contributed by atoms with van der Waals surface area (Å²) in [7, 11) is 0. The Morgan fingerprint density at radius 3 is 2.09 bits per heavy atom. The van der Waals surface area contributed by atoms with E-state index in [-0.39, 0.29) is 5.92 Å². The average Bonchev–Trinajstić information content (AvgIpc) is 1.88. The second kappa shape index (κ2) is 4.73. The van der Waals surface area contributed by atoms with E-state index in [4.69, 9.17) is 0 Å². The van der Waals surface area contributed by atoms with E-state index in [0.717, 1.165) is 19.3 Å². The molecule has 0 heterocycles. The molecule has 0 saturated carbocycles. The van der Waals surface area contributed by atoms with Crippen molar-refractivity contribution in [1.82, 2.24) is 0 Å². The minimum absolute atomic E-state index is 0.0700. The maximum absolute atomic E-state index is 9.37. The van der Waals surface area contributed by atoms with E-state index >= 15 is 0 Å². The van der Waals surface area contributed by atoms with Gasteiger partial charge in [0.1, 0.15) is 0 Å². The Labute approximate surface area is 69.2 Å². The number of hydrogen-bond donors (Lipinski definition) is 2. The van der Waals surface area contributed by atoms with Gasteiger partial charge < -0.3 is 10.2 Å². The molecule has 0 atom stereocenters. The highest BCUT2D eigenvalue weighted by Crippen LogP contribution is 2.20. The number of unbranched alkanes of at least 4 members (excludes halogenated alkanes) is 2. The quantitative estimate of drug-likeness (QED) is 0.476. The van der Waals surface area contributed by atoms with Gasteiger partial charge in [0.25, 0.3) is 0 Å². The van der Waals surface area contributed by atoms with Gasteiger partial charge in [0.2, 0.25) is 0 Å². The van der Waals surface area contributed by atoms with E-state index < -0.39 is 5.79 Å². The van der Waals surface area contributed by atoms with Gasteiger partial charge in [-0.25, -0.2) is 0 Å². The fourth-order valence-corrected chi connectivity index (χ4v) is 0.924. The van der Waals surface area contributed by atoms with Crippen LogP contribution >= 0.6 is 0 Å².